The second kappa shape index (κ2) is 5.66. The quantitative estimate of drug-likeness (QED) is 0.816. The number of H-pyrrole nitrogens is 1. The fraction of sp³-hybridized carbons (Fsp3) is 0.636. The Kier molecular flexibility index (Phi) is 4.31. The summed E-state index contributed by atoms with van der Waals surface area (Å²) in [4.78, 5) is 25.1. The number of carbonyl (C=O) groups is 1. The molecule has 0 unspecified atom stereocenters. The first kappa shape index (κ1) is 15.2. The van der Waals surface area contributed by atoms with Crippen LogP contribution in [0.15, 0.2) is 9.00 Å². The van der Waals surface area contributed by atoms with Gasteiger partial charge in [0.15, 0.2) is 4.21 Å². The lowest BCUT2D eigenvalue weighted by Gasteiger charge is -2.32. The summed E-state index contributed by atoms with van der Waals surface area (Å²) in [5.41, 5.74) is 0.300. The first-order valence-corrected chi connectivity index (χ1v) is 8.43. The molecule has 0 aromatic carbocycles. The highest BCUT2D eigenvalue weighted by molar-refractivity contribution is 7.91. The average molecular weight is 320 g/mol. The molecule has 0 aliphatic carbocycles. The van der Waals surface area contributed by atoms with Crippen LogP contribution in [0.1, 0.15) is 25.0 Å². The molecule has 0 saturated carbocycles. The van der Waals surface area contributed by atoms with Crippen LogP contribution in [0.2, 0.25) is 0 Å². The van der Waals surface area contributed by atoms with Crippen LogP contribution in [-0.4, -0.2) is 43.4 Å². The molecule has 2 heterocycles. The summed E-state index contributed by atoms with van der Waals surface area (Å²) in [5.74, 6) is -0.561. The topological polar surface area (TPSA) is 96.5 Å². The summed E-state index contributed by atoms with van der Waals surface area (Å²) in [6.45, 7) is 1.79. The lowest BCUT2D eigenvalue weighted by molar-refractivity contribution is -0.146. The average Bonchev–Trinajstić information content (AvgIpc) is 2.77. The van der Waals surface area contributed by atoms with E-state index in [1.807, 2.05) is 0 Å². The number of aromatic nitrogens is 1. The van der Waals surface area contributed by atoms with E-state index < -0.39 is 26.9 Å². The van der Waals surface area contributed by atoms with Crippen molar-refractivity contribution < 1.29 is 17.9 Å². The molecule has 1 aliphatic heterocycles. The standard InChI is InChI=1S/C11H16N2O5S2/c1-7-10(19-11(15)12-7)20(16,17)13-6-4-3-5-8(13)9(14)18-2/h8H,3-6H2,1-2H3,(H,12,15)/t8-/m1/s1. The molecular weight excluding hydrogens is 304 g/mol. The zero-order valence-electron chi connectivity index (χ0n) is 11.2. The Morgan fingerprint density at radius 1 is 1.45 bits per heavy atom. The molecule has 1 saturated heterocycles. The number of esters is 1. The summed E-state index contributed by atoms with van der Waals surface area (Å²) >= 11 is 0.643. The van der Waals surface area contributed by atoms with Crippen molar-refractivity contribution in [2.75, 3.05) is 13.7 Å². The molecule has 2 rings (SSSR count). The van der Waals surface area contributed by atoms with Gasteiger partial charge in [0.25, 0.3) is 10.0 Å². The summed E-state index contributed by atoms with van der Waals surface area (Å²) < 4.78 is 31.0. The second-order valence-corrected chi connectivity index (χ2v) is 7.65. The number of hydrogen-bond donors (Lipinski definition) is 1. The largest absolute Gasteiger partial charge is 0.468 e. The minimum Gasteiger partial charge on any atom is -0.468 e. The van der Waals surface area contributed by atoms with Gasteiger partial charge in [-0.3, -0.25) is 9.59 Å². The van der Waals surface area contributed by atoms with E-state index in [-0.39, 0.29) is 10.8 Å². The molecule has 20 heavy (non-hydrogen) atoms. The Labute approximate surface area is 120 Å². The Morgan fingerprint density at radius 2 is 2.15 bits per heavy atom. The number of thiazole rings is 1. The van der Waals surface area contributed by atoms with Crippen molar-refractivity contribution in [3.63, 3.8) is 0 Å². The van der Waals surface area contributed by atoms with Gasteiger partial charge in [0.1, 0.15) is 6.04 Å². The van der Waals surface area contributed by atoms with Gasteiger partial charge in [0.05, 0.1) is 7.11 Å². The Morgan fingerprint density at radius 3 is 2.70 bits per heavy atom. The molecule has 1 aromatic rings. The van der Waals surface area contributed by atoms with Gasteiger partial charge in [-0.15, -0.1) is 0 Å². The van der Waals surface area contributed by atoms with Gasteiger partial charge in [0.2, 0.25) is 0 Å². The summed E-state index contributed by atoms with van der Waals surface area (Å²) in [6, 6.07) is -0.810. The predicted molar refractivity (Wildman–Crippen MR) is 73.2 cm³/mol. The minimum atomic E-state index is -3.86. The highest BCUT2D eigenvalue weighted by atomic mass is 32.2. The van der Waals surface area contributed by atoms with Gasteiger partial charge in [-0.1, -0.05) is 11.3 Å². The van der Waals surface area contributed by atoms with E-state index in [2.05, 4.69) is 9.72 Å². The molecule has 1 aromatic heterocycles. The number of aromatic amines is 1. The van der Waals surface area contributed by atoms with Crippen molar-refractivity contribution in [3.8, 4) is 0 Å². The molecule has 7 nitrogen and oxygen atoms in total. The molecule has 0 spiro atoms. The van der Waals surface area contributed by atoms with E-state index in [0.29, 0.717) is 29.9 Å². The fourth-order valence-corrected chi connectivity index (χ4v) is 5.37. The smallest absolute Gasteiger partial charge is 0.324 e. The summed E-state index contributed by atoms with van der Waals surface area (Å²) in [7, 11) is -2.62. The monoisotopic (exact) mass is 320 g/mol. The van der Waals surface area contributed by atoms with Gasteiger partial charge in [-0.05, 0) is 26.2 Å². The van der Waals surface area contributed by atoms with Gasteiger partial charge in [0, 0.05) is 12.2 Å². The van der Waals surface area contributed by atoms with E-state index in [1.54, 1.807) is 0 Å². The molecule has 1 atom stereocenters. The number of methoxy groups -OCH3 is 1. The van der Waals surface area contributed by atoms with Gasteiger partial charge in [-0.2, -0.15) is 4.31 Å². The Hall–Kier alpha value is -1.19. The number of hydrogen-bond acceptors (Lipinski definition) is 6. The fourth-order valence-electron chi connectivity index (χ4n) is 2.31. The molecule has 1 aliphatic rings. The highest BCUT2D eigenvalue weighted by Crippen LogP contribution is 2.28. The third-order valence-corrected chi connectivity index (χ3v) is 6.74. The zero-order chi connectivity index (χ0) is 14.9. The van der Waals surface area contributed by atoms with Crippen LogP contribution in [-0.2, 0) is 19.6 Å². The van der Waals surface area contributed by atoms with Crippen molar-refractivity contribution in [1.82, 2.24) is 9.29 Å². The van der Waals surface area contributed by atoms with Gasteiger partial charge >= 0.3 is 10.8 Å². The van der Waals surface area contributed by atoms with Crippen LogP contribution in [0.25, 0.3) is 0 Å². The van der Waals surface area contributed by atoms with Crippen LogP contribution >= 0.6 is 11.3 Å². The molecule has 0 radical (unpaired) electrons. The van der Waals surface area contributed by atoms with E-state index in [9.17, 15) is 18.0 Å². The third kappa shape index (κ3) is 2.65. The normalized spacial score (nSPS) is 20.8. The number of ether oxygens (including phenoxy) is 1. The first-order valence-electron chi connectivity index (χ1n) is 6.17. The second-order valence-electron chi connectivity index (χ2n) is 4.58. The minimum absolute atomic E-state index is 0.0293. The Bertz CT molecular complexity index is 661. The van der Waals surface area contributed by atoms with Crippen molar-refractivity contribution in [1.29, 1.82) is 0 Å². The Balaban J connectivity index is 2.43. The van der Waals surface area contributed by atoms with E-state index in [1.165, 1.54) is 14.0 Å². The number of aryl methyl sites for hydroxylation is 1. The summed E-state index contributed by atoms with van der Waals surface area (Å²) in [6.07, 6.45) is 1.89. The van der Waals surface area contributed by atoms with Crippen LogP contribution in [0.3, 0.4) is 0 Å². The molecule has 9 heteroatoms. The van der Waals surface area contributed by atoms with Crippen molar-refractivity contribution >= 4 is 27.3 Å². The first-order chi connectivity index (χ1) is 9.37. The van der Waals surface area contributed by atoms with E-state index in [4.69, 9.17) is 0 Å². The van der Waals surface area contributed by atoms with Crippen molar-refractivity contribution in [2.24, 2.45) is 0 Å². The molecule has 0 amide bonds. The predicted octanol–water partition coefficient (Wildman–Crippen LogP) is 0.461. The number of rotatable bonds is 3. The van der Waals surface area contributed by atoms with E-state index in [0.717, 1.165) is 10.7 Å². The zero-order valence-corrected chi connectivity index (χ0v) is 12.8. The SMILES string of the molecule is COC(=O)[C@H]1CCCCN1S(=O)(=O)c1sc(=O)[nH]c1C. The number of nitrogens with one attached hydrogen (secondary N) is 1. The number of carbonyl (C=O) groups excluding carboxylic acids is 1. The molecule has 0 bridgehead atoms. The number of piperidine rings is 1. The van der Waals surface area contributed by atoms with Crippen LogP contribution in [0, 0.1) is 6.92 Å². The van der Waals surface area contributed by atoms with Crippen molar-refractivity contribution in [2.45, 2.75) is 36.4 Å². The van der Waals surface area contributed by atoms with Gasteiger partial charge < -0.3 is 9.72 Å². The third-order valence-electron chi connectivity index (χ3n) is 3.25. The maximum atomic E-state index is 12.6. The lowest BCUT2D eigenvalue weighted by Crippen LogP contribution is -2.48. The number of sulfonamides is 1. The van der Waals surface area contributed by atoms with Crippen LogP contribution < -0.4 is 4.87 Å². The molecule has 112 valence electrons. The highest BCUT2D eigenvalue weighted by Gasteiger charge is 2.39. The molecular formula is C11H16N2O5S2. The molecule has 1 fully saturated rings. The maximum Gasteiger partial charge on any atom is 0.324 e. The lowest BCUT2D eigenvalue weighted by atomic mass is 10.1. The van der Waals surface area contributed by atoms with E-state index >= 15 is 0 Å². The van der Waals surface area contributed by atoms with Crippen molar-refractivity contribution in [3.05, 3.63) is 15.4 Å². The molecule has 1 N–H and O–H groups in total. The number of nitrogens with zero attached hydrogens (tertiary/aromatic N) is 1. The van der Waals surface area contributed by atoms with Crippen LogP contribution in [0.5, 0.6) is 0 Å². The van der Waals surface area contributed by atoms with Gasteiger partial charge in [-0.25, -0.2) is 8.42 Å². The van der Waals surface area contributed by atoms with Crippen LogP contribution in [0.4, 0.5) is 0 Å². The summed E-state index contributed by atoms with van der Waals surface area (Å²) in [5, 5.41) is 0. The maximum absolute atomic E-state index is 12.6.